The number of aliphatic hydroxyl groups is 2. The molecule has 0 heterocycles. The molecule has 18 heteroatoms. The average molecular weight is 1620 g/mol. The second kappa shape index (κ2) is 86.3. The molecule has 0 radical (unpaired) electrons. The second-order valence-corrected chi connectivity index (χ2v) is 32.2. The van der Waals surface area contributed by atoms with Crippen LogP contribution in [-0.2, 0) is 55.8 Å². The topological polar surface area (TPSA) is 231 Å². The highest BCUT2D eigenvalue weighted by atomic mass is 31.2. The highest BCUT2D eigenvalue weighted by Gasteiger charge is 2.29. The summed E-state index contributed by atoms with van der Waals surface area (Å²) in [6.45, 7) is 2.44. The van der Waals surface area contributed by atoms with Gasteiger partial charge in [-0.1, -0.05) is 351 Å². The Balaban J connectivity index is 4.68. The molecule has 0 aromatic heterocycles. The number of carbonyl (C=O) groups excluding carboxylic acids is 3. The summed E-state index contributed by atoms with van der Waals surface area (Å²) >= 11 is 0. The standard InChI is InChI=1S/C95H160O16P2/c1-4-7-10-13-16-19-22-25-28-31-34-37-40-42-44-46-49-51-54-57-60-63-66-69-72-75-78-81-93(98)105-84-90(96)85-107-112(101,102)108-86-91(97)87-109-113(103,104)110-89-92(111-95(100)83-80-77-74-71-68-65-62-59-56-53-48-39-36-33-30-27-24-21-18-15-12-9-6-3)88-106-94(99)82-79-76-73-70-67-64-61-58-55-52-50-47-45-43-41-38-35-32-29-26-23-20-17-14-11-8-5-2/h7,9-10,12,16-21,25-30,34-39,42-45,53,56,90-92,96-97H,4-6,8,11,13-15,22-24,31-33,40-41,46-52,54-55,57-89H2,1-3H3,(H,101,102)(H,103,104)/b10-7-,12-9-,19-16-,20-17-,21-18-,28-25-,29-26-,30-27-,37-34-,38-35-,39-36-,44-42-,45-43-,56-53-. The summed E-state index contributed by atoms with van der Waals surface area (Å²) in [6, 6.07) is 0. The number of phosphoric acid groups is 2. The zero-order chi connectivity index (χ0) is 82.2. The van der Waals surface area contributed by atoms with E-state index >= 15 is 0 Å². The third-order valence-electron chi connectivity index (χ3n) is 18.4. The molecule has 5 atom stereocenters. The summed E-state index contributed by atoms with van der Waals surface area (Å²) in [5, 5.41) is 20.7. The molecule has 0 rings (SSSR count). The molecular weight excluding hydrogens is 1460 g/mol. The molecule has 0 spiro atoms. The molecule has 4 N–H and O–H groups in total. The largest absolute Gasteiger partial charge is 0.472 e. The second-order valence-electron chi connectivity index (χ2n) is 29.3. The van der Waals surface area contributed by atoms with Gasteiger partial charge < -0.3 is 34.2 Å². The fourth-order valence-electron chi connectivity index (χ4n) is 11.7. The molecule has 0 aliphatic heterocycles. The molecule has 0 bridgehead atoms. The molecule has 0 aromatic carbocycles. The van der Waals surface area contributed by atoms with Gasteiger partial charge in [0.25, 0.3) is 0 Å². The number of esters is 3. The van der Waals surface area contributed by atoms with E-state index in [4.69, 9.17) is 32.3 Å². The van der Waals surface area contributed by atoms with E-state index < -0.39 is 91.5 Å². The first kappa shape index (κ1) is 108. The van der Waals surface area contributed by atoms with Crippen LogP contribution in [0, 0.1) is 0 Å². The smallest absolute Gasteiger partial charge is 0.463 e. The van der Waals surface area contributed by atoms with Crippen molar-refractivity contribution < 1.29 is 75.8 Å². The zero-order valence-corrected chi connectivity index (χ0v) is 72.8. The van der Waals surface area contributed by atoms with E-state index in [9.17, 15) is 43.5 Å². The summed E-state index contributed by atoms with van der Waals surface area (Å²) in [6.07, 6.45) is 111. The minimum Gasteiger partial charge on any atom is -0.463 e. The fraction of sp³-hybridized carbons (Fsp3) is 0.674. The monoisotopic (exact) mass is 1620 g/mol. The van der Waals surface area contributed by atoms with E-state index in [0.29, 0.717) is 19.3 Å². The van der Waals surface area contributed by atoms with Crippen LogP contribution in [-0.4, -0.2) is 95.9 Å². The van der Waals surface area contributed by atoms with Gasteiger partial charge in [0, 0.05) is 19.3 Å². The summed E-state index contributed by atoms with van der Waals surface area (Å²) in [5.41, 5.74) is 0. The molecule has 113 heavy (non-hydrogen) atoms. The van der Waals surface area contributed by atoms with Gasteiger partial charge in [-0.2, -0.15) is 0 Å². The lowest BCUT2D eigenvalue weighted by molar-refractivity contribution is -0.161. The highest BCUT2D eigenvalue weighted by molar-refractivity contribution is 7.47. The maximum absolute atomic E-state index is 13.1. The third-order valence-corrected chi connectivity index (χ3v) is 20.3. The minimum absolute atomic E-state index is 0.0859. The molecular formula is C95H160O16P2. The maximum Gasteiger partial charge on any atom is 0.472 e. The Bertz CT molecular complexity index is 2730. The van der Waals surface area contributed by atoms with Gasteiger partial charge >= 0.3 is 33.6 Å². The van der Waals surface area contributed by atoms with Crippen LogP contribution < -0.4 is 0 Å². The van der Waals surface area contributed by atoms with Crippen molar-refractivity contribution in [3.63, 3.8) is 0 Å². The molecule has 16 nitrogen and oxygen atoms in total. The third kappa shape index (κ3) is 87.6. The van der Waals surface area contributed by atoms with E-state index in [2.05, 4.69) is 191 Å². The lowest BCUT2D eigenvalue weighted by Gasteiger charge is -2.21. The van der Waals surface area contributed by atoms with Crippen molar-refractivity contribution in [2.75, 3.05) is 39.6 Å². The Hall–Kier alpha value is -5.09. The summed E-state index contributed by atoms with van der Waals surface area (Å²) in [5.74, 6) is -1.59. The predicted molar refractivity (Wildman–Crippen MR) is 472 cm³/mol. The van der Waals surface area contributed by atoms with Crippen molar-refractivity contribution in [1.82, 2.24) is 0 Å². The van der Waals surface area contributed by atoms with Crippen LogP contribution in [0.15, 0.2) is 170 Å². The Morgan fingerprint density at radius 1 is 0.257 bits per heavy atom. The Morgan fingerprint density at radius 2 is 0.469 bits per heavy atom. The summed E-state index contributed by atoms with van der Waals surface area (Å²) in [7, 11) is -9.82. The average Bonchev–Trinajstić information content (AvgIpc) is 0.915. The number of rotatable bonds is 83. The quantitative estimate of drug-likeness (QED) is 0.0146. The fourth-order valence-corrected chi connectivity index (χ4v) is 13.3. The number of hydrogen-bond acceptors (Lipinski definition) is 14. The van der Waals surface area contributed by atoms with Gasteiger partial charge in [0.15, 0.2) is 6.10 Å². The molecule has 0 aliphatic rings. The van der Waals surface area contributed by atoms with Crippen LogP contribution in [0.2, 0.25) is 0 Å². The first-order chi connectivity index (χ1) is 55.2. The van der Waals surface area contributed by atoms with E-state index in [-0.39, 0.29) is 19.3 Å². The van der Waals surface area contributed by atoms with E-state index in [1.54, 1.807) is 0 Å². The van der Waals surface area contributed by atoms with E-state index in [1.165, 1.54) is 109 Å². The Morgan fingerprint density at radius 3 is 0.743 bits per heavy atom. The van der Waals surface area contributed by atoms with Gasteiger partial charge in [-0.25, -0.2) is 9.13 Å². The minimum atomic E-state index is -4.95. The van der Waals surface area contributed by atoms with Crippen molar-refractivity contribution >= 4 is 33.6 Å². The highest BCUT2D eigenvalue weighted by Crippen LogP contribution is 2.45. The first-order valence-corrected chi connectivity index (χ1v) is 47.4. The molecule has 0 saturated carbocycles. The summed E-state index contributed by atoms with van der Waals surface area (Å²) in [4.78, 5) is 59.0. The van der Waals surface area contributed by atoms with Gasteiger partial charge in [0.05, 0.1) is 26.4 Å². The lowest BCUT2D eigenvalue weighted by Crippen LogP contribution is -2.30. The van der Waals surface area contributed by atoms with Crippen LogP contribution in [0.3, 0.4) is 0 Å². The number of phosphoric ester groups is 2. The summed E-state index contributed by atoms with van der Waals surface area (Å²) < 4.78 is 61.4. The van der Waals surface area contributed by atoms with Gasteiger partial charge in [0.2, 0.25) is 0 Å². The lowest BCUT2D eigenvalue weighted by atomic mass is 10.0. The predicted octanol–water partition coefficient (Wildman–Crippen LogP) is 27.1. The van der Waals surface area contributed by atoms with Crippen LogP contribution in [0.5, 0.6) is 0 Å². The van der Waals surface area contributed by atoms with Crippen molar-refractivity contribution in [3.8, 4) is 0 Å². The van der Waals surface area contributed by atoms with Gasteiger partial charge in [-0.3, -0.25) is 32.5 Å². The number of ether oxygens (including phenoxy) is 3. The van der Waals surface area contributed by atoms with Gasteiger partial charge in [-0.15, -0.1) is 0 Å². The Labute approximate surface area is 688 Å². The molecule has 646 valence electrons. The van der Waals surface area contributed by atoms with Gasteiger partial charge in [-0.05, 0) is 154 Å². The van der Waals surface area contributed by atoms with Gasteiger partial charge in [0.1, 0.15) is 25.4 Å². The molecule has 0 saturated heterocycles. The van der Waals surface area contributed by atoms with Crippen molar-refractivity contribution in [2.45, 2.75) is 373 Å². The number of carbonyl (C=O) groups is 3. The van der Waals surface area contributed by atoms with E-state index in [0.717, 1.165) is 186 Å². The number of allylic oxidation sites excluding steroid dienone is 28. The molecule has 0 aromatic rings. The van der Waals surface area contributed by atoms with Crippen molar-refractivity contribution in [3.05, 3.63) is 170 Å². The van der Waals surface area contributed by atoms with Crippen molar-refractivity contribution in [1.29, 1.82) is 0 Å². The van der Waals surface area contributed by atoms with Crippen LogP contribution in [0.1, 0.15) is 355 Å². The normalized spacial score (nSPS) is 14.6. The van der Waals surface area contributed by atoms with E-state index in [1.807, 2.05) is 0 Å². The molecule has 0 fully saturated rings. The zero-order valence-electron chi connectivity index (χ0n) is 71.0. The molecule has 0 aliphatic carbocycles. The van der Waals surface area contributed by atoms with Crippen molar-refractivity contribution in [2.24, 2.45) is 0 Å². The molecule has 5 unspecified atom stereocenters. The number of hydrogen-bond donors (Lipinski definition) is 4. The molecule has 0 amide bonds. The van der Waals surface area contributed by atoms with Crippen LogP contribution in [0.4, 0.5) is 0 Å². The number of aliphatic hydroxyl groups excluding tert-OH is 2. The first-order valence-electron chi connectivity index (χ1n) is 44.4. The maximum atomic E-state index is 13.1. The van der Waals surface area contributed by atoms with Crippen LogP contribution in [0.25, 0.3) is 0 Å². The van der Waals surface area contributed by atoms with Crippen LogP contribution >= 0.6 is 15.6 Å². The Kier molecular flexibility index (Phi) is 82.4. The SMILES string of the molecule is CC/C=C\C/C=C\C/C=C\C/C=C\C/C=C\CCCCCCCCCCCCCC(=O)OCC(O)COP(=O)(O)OCC(O)COP(=O)(O)OCC(COC(=O)CCCCCCCCCCCCC/C=C\C/C=C\C/C=C\C/C=C\CCCCC)OC(=O)CCCCCCCCC/C=C\C/C=C\C/C=C\C/C=C\C/C=C\CC. The number of unbranched alkanes of at least 4 members (excludes halogenated alkanes) is 32.